The van der Waals surface area contributed by atoms with Crippen LogP contribution < -0.4 is 10.9 Å². The lowest BCUT2D eigenvalue weighted by molar-refractivity contribution is 0.874. The van der Waals surface area contributed by atoms with Crippen molar-refractivity contribution in [3.63, 3.8) is 0 Å². The smallest absolute Gasteiger partial charge is 0.285 e. The molecule has 0 fully saturated rings. The molecule has 0 amide bonds. The summed E-state index contributed by atoms with van der Waals surface area (Å²) in [6.07, 6.45) is 1.51. The Morgan fingerprint density at radius 3 is 2.67 bits per heavy atom. The number of aromatic nitrogens is 2. The molecule has 0 spiro atoms. The topological polar surface area (TPSA) is 57.8 Å². The zero-order valence-electron chi connectivity index (χ0n) is 10.2. The van der Waals surface area contributed by atoms with Gasteiger partial charge in [-0.25, -0.2) is 5.10 Å². The standard InChI is InChI=1S/C13H14ClN3O/c1-8-3-5-10(6-4-8)9(2)16-11-7-15-17-13(18)12(11)14/h3-7,9H,1-2H3,(H2,16,17,18). The Morgan fingerprint density at radius 1 is 1.33 bits per heavy atom. The predicted octanol–water partition coefficient (Wildman–Crippen LogP) is 2.90. The van der Waals surface area contributed by atoms with Crippen molar-refractivity contribution in [3.05, 3.63) is 57.0 Å². The van der Waals surface area contributed by atoms with Crippen molar-refractivity contribution in [2.75, 3.05) is 5.32 Å². The average Bonchev–Trinajstić information content (AvgIpc) is 2.36. The van der Waals surface area contributed by atoms with Crippen LogP contribution in [0.3, 0.4) is 0 Å². The lowest BCUT2D eigenvalue weighted by Crippen LogP contribution is -2.14. The number of nitrogens with one attached hydrogen (secondary N) is 2. The normalized spacial score (nSPS) is 12.2. The van der Waals surface area contributed by atoms with Crippen LogP contribution in [0.4, 0.5) is 5.69 Å². The maximum atomic E-state index is 11.3. The summed E-state index contributed by atoms with van der Waals surface area (Å²) < 4.78 is 0. The van der Waals surface area contributed by atoms with E-state index >= 15 is 0 Å². The molecule has 0 saturated heterocycles. The van der Waals surface area contributed by atoms with Gasteiger partial charge >= 0.3 is 0 Å². The maximum Gasteiger partial charge on any atom is 0.285 e. The first kappa shape index (κ1) is 12.6. The van der Waals surface area contributed by atoms with Gasteiger partial charge in [-0.2, -0.15) is 5.10 Å². The number of hydrogen-bond donors (Lipinski definition) is 2. The molecule has 0 radical (unpaired) electrons. The summed E-state index contributed by atoms with van der Waals surface area (Å²) in [6, 6.07) is 8.23. The number of nitrogens with zero attached hydrogens (tertiary/aromatic N) is 1. The van der Waals surface area contributed by atoms with E-state index in [9.17, 15) is 4.79 Å². The van der Waals surface area contributed by atoms with Gasteiger partial charge in [0.25, 0.3) is 5.56 Å². The highest BCUT2D eigenvalue weighted by Gasteiger charge is 2.09. The van der Waals surface area contributed by atoms with Crippen molar-refractivity contribution < 1.29 is 0 Å². The van der Waals surface area contributed by atoms with Crippen molar-refractivity contribution >= 4 is 17.3 Å². The Hall–Kier alpha value is -1.81. The molecule has 0 aliphatic heterocycles. The maximum absolute atomic E-state index is 11.3. The lowest BCUT2D eigenvalue weighted by Gasteiger charge is -2.16. The highest BCUT2D eigenvalue weighted by atomic mass is 35.5. The van der Waals surface area contributed by atoms with Crippen LogP contribution in [0.5, 0.6) is 0 Å². The molecule has 1 aromatic carbocycles. The third-order valence-corrected chi connectivity index (χ3v) is 3.12. The number of aryl methyl sites for hydroxylation is 1. The van der Waals surface area contributed by atoms with Crippen LogP contribution in [-0.4, -0.2) is 10.2 Å². The Kier molecular flexibility index (Phi) is 3.67. The minimum Gasteiger partial charge on any atom is -0.376 e. The van der Waals surface area contributed by atoms with E-state index in [0.717, 1.165) is 5.56 Å². The Balaban J connectivity index is 2.21. The molecule has 4 nitrogen and oxygen atoms in total. The molecule has 2 N–H and O–H groups in total. The van der Waals surface area contributed by atoms with E-state index in [1.54, 1.807) is 0 Å². The van der Waals surface area contributed by atoms with Gasteiger partial charge in [0.15, 0.2) is 0 Å². The summed E-state index contributed by atoms with van der Waals surface area (Å²) in [4.78, 5) is 11.3. The van der Waals surface area contributed by atoms with Gasteiger partial charge in [0.1, 0.15) is 5.02 Å². The number of hydrogen-bond acceptors (Lipinski definition) is 3. The molecule has 1 heterocycles. The first-order valence-electron chi connectivity index (χ1n) is 5.64. The van der Waals surface area contributed by atoms with Gasteiger partial charge in [-0.15, -0.1) is 0 Å². The van der Waals surface area contributed by atoms with Gasteiger partial charge in [0, 0.05) is 6.04 Å². The molecular formula is C13H14ClN3O. The summed E-state index contributed by atoms with van der Waals surface area (Å²) in [5.41, 5.74) is 2.48. The summed E-state index contributed by atoms with van der Waals surface area (Å²) in [5.74, 6) is 0. The number of H-pyrrole nitrogens is 1. The van der Waals surface area contributed by atoms with Crippen molar-refractivity contribution in [3.8, 4) is 0 Å². The third kappa shape index (κ3) is 2.71. The minimum absolute atomic E-state index is 0.0479. The van der Waals surface area contributed by atoms with Crippen LogP contribution in [0.15, 0.2) is 35.3 Å². The van der Waals surface area contributed by atoms with Gasteiger partial charge in [0.2, 0.25) is 0 Å². The number of aromatic amines is 1. The lowest BCUT2D eigenvalue weighted by atomic mass is 10.1. The third-order valence-electron chi connectivity index (χ3n) is 2.74. The summed E-state index contributed by atoms with van der Waals surface area (Å²) in [6.45, 7) is 4.04. The molecule has 2 rings (SSSR count). The van der Waals surface area contributed by atoms with E-state index in [2.05, 4.69) is 15.5 Å². The van der Waals surface area contributed by atoms with Crippen molar-refractivity contribution in [2.45, 2.75) is 19.9 Å². The van der Waals surface area contributed by atoms with Gasteiger partial charge in [0.05, 0.1) is 11.9 Å². The molecule has 0 aliphatic carbocycles. The first-order chi connectivity index (χ1) is 8.58. The summed E-state index contributed by atoms with van der Waals surface area (Å²) in [7, 11) is 0. The highest BCUT2D eigenvalue weighted by Crippen LogP contribution is 2.22. The van der Waals surface area contributed by atoms with Crippen LogP contribution in [0.1, 0.15) is 24.1 Å². The van der Waals surface area contributed by atoms with Crippen LogP contribution in [-0.2, 0) is 0 Å². The van der Waals surface area contributed by atoms with E-state index in [4.69, 9.17) is 11.6 Å². The zero-order valence-corrected chi connectivity index (χ0v) is 11.0. The predicted molar refractivity (Wildman–Crippen MR) is 73.1 cm³/mol. The largest absolute Gasteiger partial charge is 0.376 e. The van der Waals surface area contributed by atoms with E-state index in [1.807, 2.05) is 38.1 Å². The zero-order chi connectivity index (χ0) is 13.1. The minimum atomic E-state index is -0.391. The van der Waals surface area contributed by atoms with Crippen molar-refractivity contribution in [1.82, 2.24) is 10.2 Å². The first-order valence-corrected chi connectivity index (χ1v) is 6.02. The number of halogens is 1. The Morgan fingerprint density at radius 2 is 2.00 bits per heavy atom. The van der Waals surface area contributed by atoms with Crippen molar-refractivity contribution in [1.29, 1.82) is 0 Å². The molecule has 18 heavy (non-hydrogen) atoms. The molecule has 1 aromatic heterocycles. The van der Waals surface area contributed by atoms with Gasteiger partial charge < -0.3 is 5.32 Å². The fourth-order valence-corrected chi connectivity index (χ4v) is 1.80. The number of anilines is 1. The number of rotatable bonds is 3. The molecule has 1 atom stereocenters. The average molecular weight is 264 g/mol. The van der Waals surface area contributed by atoms with Gasteiger partial charge in [-0.1, -0.05) is 41.4 Å². The highest BCUT2D eigenvalue weighted by molar-refractivity contribution is 6.32. The Bertz CT molecular complexity index is 592. The quantitative estimate of drug-likeness (QED) is 0.895. The SMILES string of the molecule is Cc1ccc(C(C)Nc2cn[nH]c(=O)c2Cl)cc1. The van der Waals surface area contributed by atoms with Crippen LogP contribution in [0.2, 0.25) is 5.02 Å². The summed E-state index contributed by atoms with van der Waals surface area (Å²) >= 11 is 5.90. The summed E-state index contributed by atoms with van der Waals surface area (Å²) in [5, 5.41) is 9.31. The van der Waals surface area contributed by atoms with Crippen molar-refractivity contribution in [2.24, 2.45) is 0 Å². The molecular weight excluding hydrogens is 250 g/mol. The van der Waals surface area contributed by atoms with Crippen LogP contribution in [0, 0.1) is 6.92 Å². The van der Waals surface area contributed by atoms with Crippen LogP contribution >= 0.6 is 11.6 Å². The monoisotopic (exact) mass is 263 g/mol. The molecule has 2 aromatic rings. The molecule has 0 aliphatic rings. The van der Waals surface area contributed by atoms with Gasteiger partial charge in [-0.05, 0) is 19.4 Å². The second-order valence-corrected chi connectivity index (χ2v) is 4.58. The Labute approximate surface area is 110 Å². The van der Waals surface area contributed by atoms with E-state index in [1.165, 1.54) is 11.8 Å². The van der Waals surface area contributed by atoms with E-state index in [0.29, 0.717) is 5.69 Å². The number of benzene rings is 1. The second kappa shape index (κ2) is 5.23. The van der Waals surface area contributed by atoms with Gasteiger partial charge in [-0.3, -0.25) is 4.79 Å². The molecule has 0 saturated carbocycles. The fraction of sp³-hybridized carbons (Fsp3) is 0.231. The second-order valence-electron chi connectivity index (χ2n) is 4.20. The molecule has 5 heteroatoms. The molecule has 1 unspecified atom stereocenters. The molecule has 0 bridgehead atoms. The van der Waals surface area contributed by atoms with E-state index < -0.39 is 5.56 Å². The fourth-order valence-electron chi connectivity index (χ4n) is 1.66. The molecule has 94 valence electrons. The van der Waals surface area contributed by atoms with Crippen LogP contribution in [0.25, 0.3) is 0 Å². The van der Waals surface area contributed by atoms with E-state index in [-0.39, 0.29) is 11.1 Å².